The Labute approximate surface area is 511 Å². The van der Waals surface area contributed by atoms with Crippen LogP contribution in [0, 0.1) is 0 Å². The summed E-state index contributed by atoms with van der Waals surface area (Å²) in [5.74, 6) is 0.0144. The highest BCUT2D eigenvalue weighted by Crippen LogP contribution is 2.44. The van der Waals surface area contributed by atoms with Gasteiger partial charge in [-0.25, -0.2) is 9.78 Å². The molecule has 20 heteroatoms. The number of thiazole rings is 1. The summed E-state index contributed by atoms with van der Waals surface area (Å²) in [6.07, 6.45) is 0. The first-order chi connectivity index (χ1) is 40.5. The number of fused-ring (bicyclic) bond motifs is 1. The Kier molecular flexibility index (Phi) is 19.5. The summed E-state index contributed by atoms with van der Waals surface area (Å²) in [5.41, 5.74) is 4.58. The van der Waals surface area contributed by atoms with Gasteiger partial charge in [-0.2, -0.15) is 0 Å². The summed E-state index contributed by atoms with van der Waals surface area (Å²) in [6, 6.07) is 55.6. The van der Waals surface area contributed by atoms with Gasteiger partial charge in [-0.05, 0) is 88.0 Å². The van der Waals surface area contributed by atoms with Gasteiger partial charge < -0.3 is 48.8 Å². The predicted octanol–water partition coefficient (Wildman–Crippen LogP) is 10.8. The van der Waals surface area contributed by atoms with Crippen molar-refractivity contribution in [3.8, 4) is 28.7 Å². The van der Waals surface area contributed by atoms with E-state index in [0.29, 0.717) is 33.7 Å². The van der Waals surface area contributed by atoms with E-state index in [1.807, 2.05) is 140 Å². The first kappa shape index (κ1) is 59.8. The molecule has 2 N–H and O–H groups in total. The van der Waals surface area contributed by atoms with Crippen molar-refractivity contribution in [1.82, 2.24) is 20.1 Å². The highest BCUT2D eigenvalue weighted by Gasteiger charge is 2.55. The van der Waals surface area contributed by atoms with Crippen molar-refractivity contribution in [2.75, 3.05) is 46.6 Å². The monoisotopic (exact) mass is 1280 g/mol. The third-order valence-electron chi connectivity index (χ3n) is 14.0. The largest absolute Gasteiger partial charge is 0.497 e. The number of halogens is 1. The van der Waals surface area contributed by atoms with Gasteiger partial charge in [0.2, 0.25) is 0 Å². The van der Waals surface area contributed by atoms with E-state index in [-0.39, 0.29) is 83.7 Å². The SMILES string of the molecule is CO/N=C(\C(=O)N[C@@H]1C(=O)N2C(C(=O)OCc3ccc(OC)cc3)=C(N(C)C(=O)c3ccc(OCc4ccc(OC)cc4)c(OCc4ccc(OC)cc4)c3)CS[C@H]12)c1csc(NC(c2ccccc2)(c2ccccc2)c2ccccc2)n1.I. The molecule has 3 amide bonds. The predicted molar refractivity (Wildman–Crippen MR) is 332 cm³/mol. The van der Waals surface area contributed by atoms with Gasteiger partial charge in [-0.1, -0.05) is 133 Å². The number of anilines is 1. The summed E-state index contributed by atoms with van der Waals surface area (Å²) in [4.78, 5) is 71.0. The van der Waals surface area contributed by atoms with Crippen LogP contribution < -0.4 is 34.3 Å². The van der Waals surface area contributed by atoms with Crippen molar-refractivity contribution >= 4 is 81.6 Å². The number of rotatable bonds is 23. The molecule has 0 aliphatic carbocycles. The third kappa shape index (κ3) is 13.0. The number of β-lactam (4-membered cyclic amide) rings is 1. The van der Waals surface area contributed by atoms with Crippen molar-refractivity contribution in [1.29, 1.82) is 0 Å². The Balaban J connectivity index is 0.00000846. The van der Waals surface area contributed by atoms with Crippen LogP contribution in [0.5, 0.6) is 28.7 Å². The number of nitrogens with one attached hydrogen (secondary N) is 2. The van der Waals surface area contributed by atoms with Crippen LogP contribution in [0.25, 0.3) is 0 Å². The molecule has 430 valence electrons. The van der Waals surface area contributed by atoms with Crippen molar-refractivity contribution < 1.29 is 52.4 Å². The molecule has 7 aromatic carbocycles. The Hall–Kier alpha value is -8.86. The summed E-state index contributed by atoms with van der Waals surface area (Å²) < 4.78 is 34.5. The lowest BCUT2D eigenvalue weighted by Crippen LogP contribution is -2.71. The minimum absolute atomic E-state index is 0. The van der Waals surface area contributed by atoms with Gasteiger partial charge in [0.15, 0.2) is 28.0 Å². The van der Waals surface area contributed by atoms with Crippen LogP contribution in [-0.4, -0.2) is 96.8 Å². The number of aromatic nitrogens is 1. The number of esters is 1. The fourth-order valence-corrected chi connectivity index (χ4v) is 11.8. The highest BCUT2D eigenvalue weighted by molar-refractivity contribution is 14.0. The molecule has 0 unspecified atom stereocenters. The number of hydrogen-bond acceptors (Lipinski definition) is 16. The van der Waals surface area contributed by atoms with Crippen molar-refractivity contribution in [3.05, 3.63) is 243 Å². The zero-order valence-electron chi connectivity index (χ0n) is 46.4. The number of carbonyl (C=O) groups excluding carboxylic acids is 4. The topological polar surface area (TPSA) is 189 Å². The van der Waals surface area contributed by atoms with E-state index in [2.05, 4.69) is 15.8 Å². The Morgan fingerprint density at radius 3 is 1.67 bits per heavy atom. The molecule has 1 saturated heterocycles. The zero-order chi connectivity index (χ0) is 57.9. The molecular formula is C64H59IN6O11S2. The molecular weight excluding hydrogens is 1220 g/mol. The van der Waals surface area contributed by atoms with E-state index >= 15 is 0 Å². The summed E-state index contributed by atoms with van der Waals surface area (Å²) >= 11 is 2.53. The molecule has 17 nitrogen and oxygen atoms in total. The Morgan fingerprint density at radius 1 is 0.667 bits per heavy atom. The highest BCUT2D eigenvalue weighted by atomic mass is 127. The molecule has 84 heavy (non-hydrogen) atoms. The molecule has 2 aliphatic rings. The lowest BCUT2D eigenvalue weighted by Gasteiger charge is -2.50. The van der Waals surface area contributed by atoms with Crippen molar-refractivity contribution in [3.63, 3.8) is 0 Å². The van der Waals surface area contributed by atoms with Gasteiger partial charge in [-0.3, -0.25) is 19.3 Å². The average Bonchev–Trinajstić information content (AvgIpc) is 2.74. The molecule has 10 rings (SSSR count). The van der Waals surface area contributed by atoms with E-state index < -0.39 is 40.6 Å². The number of ether oxygens (including phenoxy) is 6. The average molecular weight is 1280 g/mol. The maximum absolute atomic E-state index is 14.8. The second-order valence-electron chi connectivity index (χ2n) is 19.0. The summed E-state index contributed by atoms with van der Waals surface area (Å²) in [7, 11) is 7.58. The van der Waals surface area contributed by atoms with Crippen molar-refractivity contribution in [2.45, 2.75) is 36.8 Å². The lowest BCUT2D eigenvalue weighted by molar-refractivity contribution is -0.153. The standard InChI is InChI=1S/C64H58N6O11S2.HI/c1-69(59(72)44-27-34-53(79-36-41-21-28-48(75-2)29-22-41)54(35-44)80-37-42-23-30-49(76-3)31-24-42)52-40-82-61-56(60(73)70(61)57(52)62(74)81-38-43-25-32-50(77-4)33-26-43)66-58(71)55(68-78-5)51-39-83-63(65-51)67-64(45-15-9-6-10-16-45,46-17-11-7-12-18-46)47-19-13-8-14-20-47;/h6-35,39,56,61H,36-38,40H2,1-5H3,(H,65,67)(H,66,71);1H/b68-55-;/t56-,61-;/m1./s1. The van der Waals surface area contributed by atoms with Gasteiger partial charge in [0.1, 0.15) is 66.8 Å². The van der Waals surface area contributed by atoms with Crippen LogP contribution >= 0.6 is 47.1 Å². The molecule has 0 radical (unpaired) electrons. The number of hydrogen-bond donors (Lipinski definition) is 2. The number of methoxy groups -OCH3 is 3. The third-order valence-corrected chi connectivity index (χ3v) is 16.0. The lowest BCUT2D eigenvalue weighted by atomic mass is 9.77. The van der Waals surface area contributed by atoms with Gasteiger partial charge in [0.05, 0.1) is 27.0 Å². The van der Waals surface area contributed by atoms with Crippen LogP contribution in [-0.2, 0) is 49.3 Å². The number of carbonyl (C=O) groups is 4. The molecule has 0 saturated carbocycles. The first-order valence-electron chi connectivity index (χ1n) is 26.3. The van der Waals surface area contributed by atoms with E-state index in [1.54, 1.807) is 69.2 Å². The van der Waals surface area contributed by atoms with E-state index in [9.17, 15) is 19.2 Å². The maximum atomic E-state index is 14.8. The van der Waals surface area contributed by atoms with Crippen LogP contribution in [0.4, 0.5) is 5.13 Å². The molecule has 2 aliphatic heterocycles. The number of nitrogens with zero attached hydrogens (tertiary/aromatic N) is 4. The second-order valence-corrected chi connectivity index (χ2v) is 21.0. The van der Waals surface area contributed by atoms with Gasteiger partial charge in [0, 0.05) is 23.7 Å². The molecule has 0 spiro atoms. The number of amides is 3. The van der Waals surface area contributed by atoms with E-state index in [1.165, 1.54) is 47.1 Å². The minimum atomic E-state index is -1.13. The first-order valence-corrected chi connectivity index (χ1v) is 28.2. The molecule has 3 heterocycles. The van der Waals surface area contributed by atoms with Crippen LogP contribution in [0.3, 0.4) is 0 Å². The fourth-order valence-electron chi connectivity index (χ4n) is 9.63. The Morgan fingerprint density at radius 2 is 1.17 bits per heavy atom. The van der Waals surface area contributed by atoms with E-state index in [0.717, 1.165) is 27.8 Å². The zero-order valence-corrected chi connectivity index (χ0v) is 50.3. The van der Waals surface area contributed by atoms with Crippen molar-refractivity contribution in [2.24, 2.45) is 5.16 Å². The quantitative estimate of drug-likeness (QED) is 0.0154. The fraction of sp³-hybridized carbons (Fsp3) is 0.188. The molecule has 1 fully saturated rings. The number of benzene rings is 7. The number of oxime groups is 1. The molecule has 1 aromatic heterocycles. The van der Waals surface area contributed by atoms with Gasteiger partial charge in [0.25, 0.3) is 17.7 Å². The maximum Gasteiger partial charge on any atom is 0.357 e. The second kappa shape index (κ2) is 27.5. The molecule has 8 aromatic rings. The number of thioether (sulfide) groups is 1. The smallest absolute Gasteiger partial charge is 0.357 e. The molecule has 0 bridgehead atoms. The van der Waals surface area contributed by atoms with Crippen LogP contribution in [0.2, 0.25) is 0 Å². The van der Waals surface area contributed by atoms with Gasteiger partial charge >= 0.3 is 5.97 Å². The van der Waals surface area contributed by atoms with E-state index in [4.69, 9.17) is 38.2 Å². The minimum Gasteiger partial charge on any atom is -0.497 e. The normalized spacial score (nSPS) is 14.6. The van der Waals surface area contributed by atoms with Crippen LogP contribution in [0.15, 0.2) is 204 Å². The summed E-state index contributed by atoms with van der Waals surface area (Å²) in [5, 5.41) is 12.1. The molecule has 2 atom stereocenters. The summed E-state index contributed by atoms with van der Waals surface area (Å²) in [6.45, 7) is 0.172. The van der Waals surface area contributed by atoms with Gasteiger partial charge in [-0.15, -0.1) is 47.1 Å². The van der Waals surface area contributed by atoms with Crippen LogP contribution in [0.1, 0.15) is 49.4 Å². The Bertz CT molecular complexity index is 3550.